The van der Waals surface area contributed by atoms with Gasteiger partial charge in [-0.3, -0.25) is 4.90 Å². The van der Waals surface area contributed by atoms with Gasteiger partial charge in [0.15, 0.2) is 0 Å². The molecule has 0 spiro atoms. The molecule has 3 fully saturated rings. The van der Waals surface area contributed by atoms with E-state index in [0.29, 0.717) is 0 Å². The molecular formula is C18H26N2. The minimum absolute atomic E-state index is 0.802. The molecule has 3 saturated carbocycles. The van der Waals surface area contributed by atoms with Crippen molar-refractivity contribution in [3.8, 4) is 0 Å². The van der Waals surface area contributed by atoms with Gasteiger partial charge in [-0.25, -0.2) is 0 Å². The molecule has 20 heavy (non-hydrogen) atoms. The van der Waals surface area contributed by atoms with E-state index in [2.05, 4.69) is 34.5 Å². The van der Waals surface area contributed by atoms with Crippen LogP contribution in [0.3, 0.4) is 0 Å². The average Bonchev–Trinajstić information content (AvgIpc) is 3.28. The second-order valence-electron chi connectivity index (χ2n) is 7.08. The fourth-order valence-electron chi connectivity index (χ4n) is 3.04. The summed E-state index contributed by atoms with van der Waals surface area (Å²) in [6.45, 7) is 3.55. The predicted octanol–water partition coefficient (Wildman–Crippen LogP) is 3.31. The maximum atomic E-state index is 3.62. The lowest BCUT2D eigenvalue weighted by molar-refractivity contribution is 0.244. The molecule has 0 unspecified atom stereocenters. The number of hydrogen-bond donors (Lipinski definition) is 1. The fraction of sp³-hybridized carbons (Fsp3) is 0.667. The van der Waals surface area contributed by atoms with Gasteiger partial charge in [0.05, 0.1) is 0 Å². The third-order valence-electron chi connectivity index (χ3n) is 4.80. The molecule has 0 aliphatic heterocycles. The highest BCUT2D eigenvalue weighted by Gasteiger charge is 2.33. The molecule has 108 valence electrons. The van der Waals surface area contributed by atoms with Crippen molar-refractivity contribution in [1.82, 2.24) is 10.2 Å². The topological polar surface area (TPSA) is 15.3 Å². The van der Waals surface area contributed by atoms with Crippen molar-refractivity contribution in [1.29, 1.82) is 0 Å². The van der Waals surface area contributed by atoms with E-state index >= 15 is 0 Å². The van der Waals surface area contributed by atoms with Crippen LogP contribution in [0.1, 0.15) is 49.7 Å². The Morgan fingerprint density at radius 2 is 1.80 bits per heavy atom. The highest BCUT2D eigenvalue weighted by molar-refractivity contribution is 5.24. The van der Waals surface area contributed by atoms with Gasteiger partial charge in [0.25, 0.3) is 0 Å². The zero-order chi connectivity index (χ0) is 13.4. The molecule has 0 saturated heterocycles. The minimum Gasteiger partial charge on any atom is -0.310 e. The average molecular weight is 270 g/mol. The number of nitrogens with one attached hydrogen (secondary N) is 1. The van der Waals surface area contributed by atoms with E-state index in [0.717, 1.165) is 24.5 Å². The number of rotatable bonds is 8. The normalized spacial score (nSPS) is 22.4. The van der Waals surface area contributed by atoms with Crippen molar-refractivity contribution in [2.75, 3.05) is 6.54 Å². The molecule has 2 nitrogen and oxygen atoms in total. The smallest absolute Gasteiger partial charge is 0.0236 e. The van der Waals surface area contributed by atoms with Crippen LogP contribution in [-0.4, -0.2) is 23.5 Å². The van der Waals surface area contributed by atoms with E-state index in [4.69, 9.17) is 0 Å². The standard InChI is InChI=1S/C18H26N2/c1-2-15(11-19-17-6-7-17)10-16(3-1)13-20(18-8-9-18)12-14-4-5-14/h1-3,10,14,17-19H,4-9,11-13H2. The number of benzene rings is 1. The van der Waals surface area contributed by atoms with E-state index in [9.17, 15) is 0 Å². The Hall–Kier alpha value is -0.860. The van der Waals surface area contributed by atoms with Crippen LogP contribution in [0.5, 0.6) is 0 Å². The van der Waals surface area contributed by atoms with Gasteiger partial charge < -0.3 is 5.32 Å². The molecule has 1 N–H and O–H groups in total. The Morgan fingerprint density at radius 3 is 2.50 bits per heavy atom. The maximum absolute atomic E-state index is 3.62. The van der Waals surface area contributed by atoms with Crippen molar-refractivity contribution >= 4 is 0 Å². The summed E-state index contributed by atoms with van der Waals surface area (Å²) in [5, 5.41) is 3.62. The van der Waals surface area contributed by atoms with E-state index in [1.165, 1.54) is 62.7 Å². The lowest BCUT2D eigenvalue weighted by atomic mass is 10.1. The lowest BCUT2D eigenvalue weighted by Crippen LogP contribution is -2.27. The zero-order valence-corrected chi connectivity index (χ0v) is 12.4. The molecule has 3 aliphatic rings. The van der Waals surface area contributed by atoms with E-state index in [1.807, 2.05) is 0 Å². The summed E-state index contributed by atoms with van der Waals surface area (Å²) in [4.78, 5) is 2.74. The number of nitrogens with zero attached hydrogens (tertiary/aromatic N) is 1. The van der Waals surface area contributed by atoms with Crippen LogP contribution in [0.2, 0.25) is 0 Å². The van der Waals surface area contributed by atoms with Crippen molar-refractivity contribution in [3.63, 3.8) is 0 Å². The first-order chi connectivity index (χ1) is 9.87. The van der Waals surface area contributed by atoms with Crippen LogP contribution < -0.4 is 5.32 Å². The SMILES string of the molecule is c1cc(CNC2CC2)cc(CN(CC2CC2)C2CC2)c1. The second kappa shape index (κ2) is 5.50. The van der Waals surface area contributed by atoms with Crippen LogP contribution in [-0.2, 0) is 13.1 Å². The third kappa shape index (κ3) is 3.62. The summed E-state index contributed by atoms with van der Waals surface area (Å²) in [5.74, 6) is 1.01. The largest absolute Gasteiger partial charge is 0.310 e. The molecule has 0 aromatic heterocycles. The van der Waals surface area contributed by atoms with Gasteiger partial charge >= 0.3 is 0 Å². The van der Waals surface area contributed by atoms with Gasteiger partial charge in [0.1, 0.15) is 0 Å². The van der Waals surface area contributed by atoms with Crippen LogP contribution in [0.25, 0.3) is 0 Å². The summed E-state index contributed by atoms with van der Waals surface area (Å²) in [5.41, 5.74) is 2.96. The molecule has 0 heterocycles. The molecule has 4 rings (SSSR count). The highest BCUT2D eigenvalue weighted by atomic mass is 15.2. The molecule has 2 heteroatoms. The summed E-state index contributed by atoms with van der Waals surface area (Å²) in [6, 6.07) is 10.9. The Kier molecular flexibility index (Phi) is 3.53. The molecule has 0 amide bonds. The Bertz CT molecular complexity index is 458. The molecule has 1 aromatic rings. The summed E-state index contributed by atoms with van der Waals surface area (Å²) in [6.07, 6.45) is 8.53. The Labute approximate surface area is 122 Å². The minimum atomic E-state index is 0.802. The Balaban J connectivity index is 1.36. The van der Waals surface area contributed by atoms with Gasteiger partial charge in [-0.15, -0.1) is 0 Å². The van der Waals surface area contributed by atoms with Crippen molar-refractivity contribution < 1.29 is 0 Å². The van der Waals surface area contributed by atoms with E-state index < -0.39 is 0 Å². The lowest BCUT2D eigenvalue weighted by Gasteiger charge is -2.22. The summed E-state index contributed by atoms with van der Waals surface area (Å²) >= 11 is 0. The van der Waals surface area contributed by atoms with Crippen molar-refractivity contribution in [2.24, 2.45) is 5.92 Å². The molecule has 1 aromatic carbocycles. The first-order valence-corrected chi connectivity index (χ1v) is 8.42. The van der Waals surface area contributed by atoms with Gasteiger partial charge in [-0.1, -0.05) is 24.3 Å². The van der Waals surface area contributed by atoms with E-state index in [1.54, 1.807) is 0 Å². The van der Waals surface area contributed by atoms with Crippen LogP contribution >= 0.6 is 0 Å². The summed E-state index contributed by atoms with van der Waals surface area (Å²) < 4.78 is 0. The monoisotopic (exact) mass is 270 g/mol. The zero-order valence-electron chi connectivity index (χ0n) is 12.4. The van der Waals surface area contributed by atoms with Crippen molar-refractivity contribution in [3.05, 3.63) is 35.4 Å². The molecule has 0 radical (unpaired) electrons. The highest BCUT2D eigenvalue weighted by Crippen LogP contribution is 2.35. The molecule has 0 bridgehead atoms. The number of hydrogen-bond acceptors (Lipinski definition) is 2. The van der Waals surface area contributed by atoms with Crippen LogP contribution in [0, 0.1) is 5.92 Å². The van der Waals surface area contributed by atoms with Crippen molar-refractivity contribution in [2.45, 2.75) is 63.7 Å². The first kappa shape index (κ1) is 12.8. The van der Waals surface area contributed by atoms with Crippen LogP contribution in [0.15, 0.2) is 24.3 Å². The fourth-order valence-corrected chi connectivity index (χ4v) is 3.04. The molecule has 3 aliphatic carbocycles. The van der Waals surface area contributed by atoms with Gasteiger partial charge in [0, 0.05) is 31.7 Å². The van der Waals surface area contributed by atoms with Gasteiger partial charge in [0.2, 0.25) is 0 Å². The van der Waals surface area contributed by atoms with Crippen LogP contribution in [0.4, 0.5) is 0 Å². The first-order valence-electron chi connectivity index (χ1n) is 8.42. The predicted molar refractivity (Wildman–Crippen MR) is 82.5 cm³/mol. The quantitative estimate of drug-likeness (QED) is 0.779. The van der Waals surface area contributed by atoms with E-state index in [-0.39, 0.29) is 0 Å². The van der Waals surface area contributed by atoms with Gasteiger partial charge in [-0.2, -0.15) is 0 Å². The maximum Gasteiger partial charge on any atom is 0.0236 e. The second-order valence-corrected chi connectivity index (χ2v) is 7.08. The molecular weight excluding hydrogens is 244 g/mol. The Morgan fingerprint density at radius 1 is 1.00 bits per heavy atom. The summed E-state index contributed by atoms with van der Waals surface area (Å²) in [7, 11) is 0. The third-order valence-corrected chi connectivity index (χ3v) is 4.80. The molecule has 0 atom stereocenters. The van der Waals surface area contributed by atoms with Gasteiger partial charge in [-0.05, 0) is 55.6 Å².